The molecule has 0 fully saturated rings. The summed E-state index contributed by atoms with van der Waals surface area (Å²) in [4.78, 5) is 10.7. The number of carbonyl (C=O) groups is 1. The summed E-state index contributed by atoms with van der Waals surface area (Å²) in [6.07, 6.45) is 0. The van der Waals surface area contributed by atoms with Crippen LogP contribution in [0.1, 0.15) is 15.9 Å². The van der Waals surface area contributed by atoms with Crippen LogP contribution in [0.3, 0.4) is 0 Å². The van der Waals surface area contributed by atoms with Gasteiger partial charge in [-0.2, -0.15) is 5.26 Å². The first-order chi connectivity index (χ1) is 9.51. The van der Waals surface area contributed by atoms with Gasteiger partial charge in [0, 0.05) is 6.07 Å². The monoisotopic (exact) mass is 291 g/mol. The molecule has 0 aromatic heterocycles. The van der Waals surface area contributed by atoms with Crippen molar-refractivity contribution in [3.05, 3.63) is 58.4 Å². The van der Waals surface area contributed by atoms with Crippen molar-refractivity contribution in [1.29, 1.82) is 5.26 Å². The van der Waals surface area contributed by atoms with Crippen LogP contribution in [0.5, 0.6) is 11.5 Å². The number of rotatable bonds is 3. The van der Waals surface area contributed by atoms with Crippen LogP contribution in [0.15, 0.2) is 36.4 Å². The molecule has 2 rings (SSSR count). The van der Waals surface area contributed by atoms with Gasteiger partial charge in [0.15, 0.2) is 0 Å². The summed E-state index contributed by atoms with van der Waals surface area (Å²) in [5.74, 6) is -1.91. The average Bonchev–Trinajstić information content (AvgIpc) is 2.40. The molecular formula is C14H7ClFNO3. The lowest BCUT2D eigenvalue weighted by molar-refractivity contribution is 0.0692. The van der Waals surface area contributed by atoms with Crippen LogP contribution < -0.4 is 4.74 Å². The Morgan fingerprint density at radius 3 is 2.60 bits per heavy atom. The zero-order valence-corrected chi connectivity index (χ0v) is 10.7. The van der Waals surface area contributed by atoms with E-state index in [2.05, 4.69) is 0 Å². The van der Waals surface area contributed by atoms with Gasteiger partial charge in [-0.05, 0) is 30.3 Å². The third-order valence-electron chi connectivity index (χ3n) is 2.46. The number of benzene rings is 2. The van der Waals surface area contributed by atoms with Crippen molar-refractivity contribution in [1.82, 2.24) is 0 Å². The lowest BCUT2D eigenvalue weighted by atomic mass is 10.2. The lowest BCUT2D eigenvalue weighted by Gasteiger charge is -2.08. The molecule has 0 atom stereocenters. The molecule has 1 N–H and O–H groups in total. The molecule has 2 aromatic carbocycles. The number of carboxylic acid groups (broad SMARTS) is 1. The smallest absolute Gasteiger partial charge is 0.338 e. The number of aromatic carboxylic acids is 1. The van der Waals surface area contributed by atoms with Crippen molar-refractivity contribution in [2.24, 2.45) is 0 Å². The van der Waals surface area contributed by atoms with Gasteiger partial charge < -0.3 is 9.84 Å². The predicted molar refractivity (Wildman–Crippen MR) is 69.6 cm³/mol. The Kier molecular flexibility index (Phi) is 3.87. The minimum Gasteiger partial charge on any atom is -0.478 e. The van der Waals surface area contributed by atoms with Gasteiger partial charge in [-0.25, -0.2) is 9.18 Å². The summed E-state index contributed by atoms with van der Waals surface area (Å²) in [6, 6.07) is 9.70. The molecule has 0 spiro atoms. The van der Waals surface area contributed by atoms with Gasteiger partial charge >= 0.3 is 5.97 Å². The van der Waals surface area contributed by atoms with E-state index in [-0.39, 0.29) is 16.5 Å². The van der Waals surface area contributed by atoms with Crippen LogP contribution in [0, 0.1) is 17.1 Å². The Balaban J connectivity index is 2.29. The maximum absolute atomic E-state index is 13.5. The number of ether oxygens (including phenoxy) is 1. The second-order valence-corrected chi connectivity index (χ2v) is 4.21. The molecule has 100 valence electrons. The van der Waals surface area contributed by atoms with Gasteiger partial charge in [0.05, 0.1) is 22.2 Å². The largest absolute Gasteiger partial charge is 0.478 e. The van der Waals surface area contributed by atoms with Gasteiger partial charge in [-0.1, -0.05) is 11.6 Å². The van der Waals surface area contributed by atoms with Crippen LogP contribution in [-0.2, 0) is 0 Å². The van der Waals surface area contributed by atoms with Gasteiger partial charge in [0.2, 0.25) is 0 Å². The Morgan fingerprint density at radius 2 is 2.05 bits per heavy atom. The molecule has 0 aliphatic carbocycles. The first kappa shape index (κ1) is 13.8. The van der Waals surface area contributed by atoms with Crippen molar-refractivity contribution in [2.75, 3.05) is 0 Å². The van der Waals surface area contributed by atoms with E-state index in [1.54, 1.807) is 0 Å². The predicted octanol–water partition coefficient (Wildman–Crippen LogP) is 3.84. The highest BCUT2D eigenvalue weighted by Gasteiger charge is 2.12. The lowest BCUT2D eigenvalue weighted by Crippen LogP contribution is -2.00. The van der Waals surface area contributed by atoms with Gasteiger partial charge in [-0.15, -0.1) is 0 Å². The maximum Gasteiger partial charge on any atom is 0.338 e. The second-order valence-electron chi connectivity index (χ2n) is 3.81. The number of hydrogen-bond donors (Lipinski definition) is 1. The van der Waals surface area contributed by atoms with Crippen LogP contribution in [-0.4, -0.2) is 11.1 Å². The zero-order chi connectivity index (χ0) is 14.7. The van der Waals surface area contributed by atoms with Crippen molar-refractivity contribution in [2.45, 2.75) is 0 Å². The molecule has 0 amide bonds. The van der Waals surface area contributed by atoms with Gasteiger partial charge in [0.25, 0.3) is 0 Å². The Morgan fingerprint density at radius 1 is 1.30 bits per heavy atom. The summed E-state index contributed by atoms with van der Waals surface area (Å²) in [5.41, 5.74) is -0.0713. The van der Waals surface area contributed by atoms with Gasteiger partial charge in [0.1, 0.15) is 17.3 Å². The van der Waals surface area contributed by atoms with E-state index < -0.39 is 17.3 Å². The molecular weight excluding hydrogens is 285 g/mol. The maximum atomic E-state index is 13.5. The summed E-state index contributed by atoms with van der Waals surface area (Å²) in [6.45, 7) is 0. The fourth-order valence-electron chi connectivity index (χ4n) is 1.51. The topological polar surface area (TPSA) is 70.3 Å². The van der Waals surface area contributed by atoms with E-state index in [1.807, 2.05) is 6.07 Å². The molecule has 0 bridgehead atoms. The third-order valence-corrected chi connectivity index (χ3v) is 2.76. The molecule has 0 aliphatic rings. The minimum atomic E-state index is -1.36. The normalized spacial score (nSPS) is 9.85. The molecule has 0 saturated carbocycles. The van der Waals surface area contributed by atoms with E-state index in [0.717, 1.165) is 12.1 Å². The molecule has 2 aromatic rings. The van der Waals surface area contributed by atoms with Crippen LogP contribution in [0.2, 0.25) is 5.02 Å². The number of carboxylic acids is 1. The van der Waals surface area contributed by atoms with Crippen LogP contribution >= 0.6 is 11.6 Å². The highest BCUT2D eigenvalue weighted by Crippen LogP contribution is 2.30. The van der Waals surface area contributed by atoms with E-state index >= 15 is 0 Å². The molecule has 0 heterocycles. The number of hydrogen-bond acceptors (Lipinski definition) is 3. The SMILES string of the molecule is N#Cc1ccc(Oc2ccc(C(=O)O)c(F)c2)c(Cl)c1. The second kappa shape index (κ2) is 5.59. The Bertz CT molecular complexity index is 725. The highest BCUT2D eigenvalue weighted by molar-refractivity contribution is 6.32. The van der Waals surface area contributed by atoms with E-state index in [1.165, 1.54) is 24.3 Å². The third kappa shape index (κ3) is 2.87. The standard InChI is InChI=1S/C14H7ClFNO3/c15-11-5-8(7-17)1-4-13(11)20-9-2-3-10(14(18)19)12(16)6-9/h1-6H,(H,18,19). The molecule has 0 aliphatic heterocycles. The zero-order valence-electron chi connectivity index (χ0n) is 9.93. The minimum absolute atomic E-state index is 0.110. The first-order valence-electron chi connectivity index (χ1n) is 5.41. The Hall–Kier alpha value is -2.58. The molecule has 0 unspecified atom stereocenters. The summed E-state index contributed by atoms with van der Waals surface area (Å²) in [5, 5.41) is 17.6. The fraction of sp³-hybridized carbons (Fsp3) is 0. The average molecular weight is 292 g/mol. The summed E-state index contributed by atoms with van der Waals surface area (Å²) >= 11 is 5.92. The summed E-state index contributed by atoms with van der Waals surface area (Å²) in [7, 11) is 0. The quantitative estimate of drug-likeness (QED) is 0.932. The van der Waals surface area contributed by atoms with E-state index in [0.29, 0.717) is 5.56 Å². The Labute approximate surface area is 118 Å². The summed E-state index contributed by atoms with van der Waals surface area (Å²) < 4.78 is 18.8. The van der Waals surface area contributed by atoms with Crippen molar-refractivity contribution >= 4 is 17.6 Å². The van der Waals surface area contributed by atoms with Crippen LogP contribution in [0.25, 0.3) is 0 Å². The molecule has 0 saturated heterocycles. The number of halogens is 2. The van der Waals surface area contributed by atoms with Crippen molar-refractivity contribution in [3.63, 3.8) is 0 Å². The van der Waals surface area contributed by atoms with E-state index in [4.69, 9.17) is 26.7 Å². The number of nitriles is 1. The molecule has 0 radical (unpaired) electrons. The fourth-order valence-corrected chi connectivity index (χ4v) is 1.73. The molecule has 6 heteroatoms. The van der Waals surface area contributed by atoms with Crippen LogP contribution in [0.4, 0.5) is 4.39 Å². The molecule has 4 nitrogen and oxygen atoms in total. The highest BCUT2D eigenvalue weighted by atomic mass is 35.5. The first-order valence-corrected chi connectivity index (χ1v) is 5.79. The number of nitrogens with zero attached hydrogens (tertiary/aromatic N) is 1. The van der Waals surface area contributed by atoms with E-state index in [9.17, 15) is 9.18 Å². The van der Waals surface area contributed by atoms with Gasteiger partial charge in [-0.3, -0.25) is 0 Å². The van der Waals surface area contributed by atoms with Crippen molar-refractivity contribution < 1.29 is 19.0 Å². The molecule has 20 heavy (non-hydrogen) atoms. The van der Waals surface area contributed by atoms with Crippen molar-refractivity contribution in [3.8, 4) is 17.6 Å².